The Morgan fingerprint density at radius 1 is 0.927 bits per heavy atom. The molecule has 1 aliphatic heterocycles. The van der Waals surface area contributed by atoms with E-state index in [1.165, 1.54) is 19.1 Å². The van der Waals surface area contributed by atoms with Crippen molar-refractivity contribution in [2.45, 2.75) is 51.9 Å². The van der Waals surface area contributed by atoms with Crippen LogP contribution in [0.15, 0.2) is 36.4 Å². The maximum Gasteiger partial charge on any atom is 0.302 e. The average Bonchev–Trinajstić information content (AvgIpc) is 2.95. The van der Waals surface area contributed by atoms with Gasteiger partial charge in [-0.25, -0.2) is 4.39 Å². The molecule has 3 aromatic rings. The maximum absolute atomic E-state index is 13.9. The maximum atomic E-state index is 13.9. The van der Waals surface area contributed by atoms with Crippen LogP contribution in [0, 0.1) is 5.82 Å². The minimum Gasteiger partial charge on any atom is -0.493 e. The second-order valence-corrected chi connectivity index (χ2v) is 9.94. The third kappa shape index (κ3) is 5.91. The molecule has 0 aromatic heterocycles. The molecule has 1 heterocycles. The van der Waals surface area contributed by atoms with Gasteiger partial charge in [0, 0.05) is 24.5 Å². The van der Waals surface area contributed by atoms with Gasteiger partial charge in [0.05, 0.1) is 41.7 Å². The lowest BCUT2D eigenvalue weighted by Gasteiger charge is -2.35. The fourth-order valence-electron chi connectivity index (χ4n) is 5.58. The van der Waals surface area contributed by atoms with Gasteiger partial charge in [-0.15, -0.1) is 0 Å². The van der Waals surface area contributed by atoms with Gasteiger partial charge in [-0.3, -0.25) is 4.79 Å². The van der Waals surface area contributed by atoms with E-state index in [2.05, 4.69) is 0 Å². The minimum atomic E-state index is -0.564. The van der Waals surface area contributed by atoms with E-state index >= 15 is 0 Å². The van der Waals surface area contributed by atoms with Crippen LogP contribution in [0.1, 0.15) is 49.1 Å². The van der Waals surface area contributed by atoms with Crippen molar-refractivity contribution >= 4 is 5.97 Å². The minimum absolute atomic E-state index is 0.192. The van der Waals surface area contributed by atoms with Crippen LogP contribution in [-0.4, -0.2) is 53.7 Å². The number of hydrogen-bond donors (Lipinski definition) is 0. The molecule has 0 spiro atoms. The molecule has 41 heavy (non-hydrogen) atoms. The Hall–Kier alpha value is -3.98. The number of halogens is 1. The fraction of sp³-hybridized carbons (Fsp3) is 0.406. The van der Waals surface area contributed by atoms with Gasteiger partial charge in [-0.1, -0.05) is 12.1 Å². The second kappa shape index (κ2) is 12.7. The van der Waals surface area contributed by atoms with Gasteiger partial charge in [-0.2, -0.15) is 0 Å². The van der Waals surface area contributed by atoms with Gasteiger partial charge in [0.2, 0.25) is 5.75 Å². The summed E-state index contributed by atoms with van der Waals surface area (Å²) in [7, 11) is 7.84. The molecule has 0 saturated carbocycles. The van der Waals surface area contributed by atoms with E-state index in [4.69, 9.17) is 33.2 Å². The third-order valence-corrected chi connectivity index (χ3v) is 7.17. The molecule has 0 N–H and O–H groups in total. The molecule has 0 unspecified atom stereocenters. The summed E-state index contributed by atoms with van der Waals surface area (Å²) in [6.07, 6.45) is -0.240. The molecule has 220 valence electrons. The molecule has 0 amide bonds. The van der Waals surface area contributed by atoms with Gasteiger partial charge in [0.25, 0.3) is 0 Å². The highest BCUT2D eigenvalue weighted by Crippen LogP contribution is 2.56. The first kappa shape index (κ1) is 30.0. The van der Waals surface area contributed by atoms with Crippen LogP contribution in [-0.2, 0) is 27.1 Å². The van der Waals surface area contributed by atoms with Crippen molar-refractivity contribution in [2.24, 2.45) is 0 Å². The van der Waals surface area contributed by atoms with E-state index in [0.29, 0.717) is 41.6 Å². The molecule has 0 aliphatic carbocycles. The van der Waals surface area contributed by atoms with Crippen LogP contribution in [0.2, 0.25) is 0 Å². The summed E-state index contributed by atoms with van der Waals surface area (Å²) in [4.78, 5) is 11.7. The van der Waals surface area contributed by atoms with Crippen molar-refractivity contribution in [3.63, 3.8) is 0 Å². The third-order valence-electron chi connectivity index (χ3n) is 7.17. The van der Waals surface area contributed by atoms with Crippen molar-refractivity contribution < 1.29 is 42.3 Å². The Morgan fingerprint density at radius 3 is 2.10 bits per heavy atom. The Kier molecular flexibility index (Phi) is 9.28. The highest BCUT2D eigenvalue weighted by molar-refractivity contribution is 5.85. The summed E-state index contributed by atoms with van der Waals surface area (Å²) in [5, 5.41) is 0. The lowest BCUT2D eigenvalue weighted by atomic mass is 9.82. The van der Waals surface area contributed by atoms with Gasteiger partial charge in [0.1, 0.15) is 18.0 Å². The molecule has 3 atom stereocenters. The summed E-state index contributed by atoms with van der Waals surface area (Å²) < 4.78 is 55.0. The molecular formula is C32H37FO8. The molecule has 4 rings (SSSR count). The van der Waals surface area contributed by atoms with E-state index in [-0.39, 0.29) is 17.9 Å². The van der Waals surface area contributed by atoms with Crippen molar-refractivity contribution in [1.82, 2.24) is 0 Å². The molecular weight excluding hydrogens is 531 g/mol. The topological polar surface area (TPSA) is 81.7 Å². The normalized spacial score (nSPS) is 16.8. The average molecular weight is 569 g/mol. The first-order valence-corrected chi connectivity index (χ1v) is 13.3. The number of carbonyl (C=O) groups excluding carboxylic acids is 1. The molecule has 1 aliphatic rings. The van der Waals surface area contributed by atoms with E-state index in [0.717, 1.165) is 33.4 Å². The number of rotatable bonds is 10. The van der Waals surface area contributed by atoms with Gasteiger partial charge >= 0.3 is 5.97 Å². The van der Waals surface area contributed by atoms with Crippen LogP contribution < -0.4 is 23.7 Å². The van der Waals surface area contributed by atoms with Crippen LogP contribution in [0.25, 0.3) is 11.1 Å². The van der Waals surface area contributed by atoms with Gasteiger partial charge in [0.15, 0.2) is 23.0 Å². The first-order chi connectivity index (χ1) is 19.7. The molecule has 8 nitrogen and oxygen atoms in total. The summed E-state index contributed by atoms with van der Waals surface area (Å²) in [5.74, 6) is 1.69. The molecule has 0 bridgehead atoms. The highest BCUT2D eigenvalue weighted by Gasteiger charge is 2.38. The zero-order chi connectivity index (χ0) is 29.8. The van der Waals surface area contributed by atoms with Crippen molar-refractivity contribution in [3.05, 3.63) is 64.5 Å². The van der Waals surface area contributed by atoms with E-state index in [1.54, 1.807) is 47.7 Å². The number of benzene rings is 3. The van der Waals surface area contributed by atoms with E-state index < -0.39 is 12.2 Å². The van der Waals surface area contributed by atoms with Crippen molar-refractivity contribution in [1.29, 1.82) is 0 Å². The highest BCUT2D eigenvalue weighted by atomic mass is 19.1. The molecule has 9 heteroatoms. The zero-order valence-electron chi connectivity index (χ0n) is 24.8. The number of methoxy groups -OCH3 is 5. The Bertz CT molecular complexity index is 1400. The Balaban J connectivity index is 2.10. The van der Waals surface area contributed by atoms with Crippen LogP contribution >= 0.6 is 0 Å². The Morgan fingerprint density at radius 2 is 1.54 bits per heavy atom. The van der Waals surface area contributed by atoms with E-state index in [1.807, 2.05) is 26.0 Å². The molecule has 0 fully saturated rings. The largest absolute Gasteiger partial charge is 0.493 e. The van der Waals surface area contributed by atoms with Crippen LogP contribution in [0.4, 0.5) is 4.39 Å². The summed E-state index contributed by atoms with van der Waals surface area (Å²) in [6.45, 7) is 5.21. The lowest BCUT2D eigenvalue weighted by Crippen LogP contribution is -2.26. The molecule has 0 radical (unpaired) electrons. The number of esters is 1. The standard InChI is InChI=1S/C32H37FO8/c1-17(40-19(3)34)13-21-15-25(35-4)26(36-5)16-23(21)27-24-14-18(2)41-29(20-9-11-22(33)12-10-20)28(24)31(38-7)32(39-8)30(27)37-6/h9-12,15-18,29H,13-14H2,1-8H3/t17-,18-,29+/m1/s1. The predicted octanol–water partition coefficient (Wildman–Crippen LogP) is 6.08. The van der Waals surface area contributed by atoms with E-state index in [9.17, 15) is 9.18 Å². The molecule has 3 aromatic carbocycles. The second-order valence-electron chi connectivity index (χ2n) is 9.94. The smallest absolute Gasteiger partial charge is 0.302 e. The van der Waals surface area contributed by atoms with Crippen LogP contribution in [0.5, 0.6) is 28.7 Å². The number of carbonyl (C=O) groups is 1. The number of hydrogen-bond acceptors (Lipinski definition) is 8. The van der Waals surface area contributed by atoms with Gasteiger partial charge in [-0.05, 0) is 66.8 Å². The molecule has 0 saturated heterocycles. The van der Waals surface area contributed by atoms with Crippen molar-refractivity contribution in [3.8, 4) is 39.9 Å². The number of fused-ring (bicyclic) bond motifs is 1. The summed E-state index contributed by atoms with van der Waals surface area (Å²) in [5.41, 5.74) is 4.88. The summed E-state index contributed by atoms with van der Waals surface area (Å²) in [6, 6.07) is 10.0. The fourth-order valence-corrected chi connectivity index (χ4v) is 5.58. The van der Waals surface area contributed by atoms with Gasteiger partial charge < -0.3 is 33.2 Å². The number of ether oxygens (including phenoxy) is 7. The zero-order valence-corrected chi connectivity index (χ0v) is 24.8. The van der Waals surface area contributed by atoms with Crippen LogP contribution in [0.3, 0.4) is 0 Å². The quantitative estimate of drug-likeness (QED) is 0.272. The monoisotopic (exact) mass is 568 g/mol. The Labute approximate surface area is 240 Å². The lowest BCUT2D eigenvalue weighted by molar-refractivity contribution is -0.145. The van der Waals surface area contributed by atoms with Crippen molar-refractivity contribution in [2.75, 3.05) is 35.5 Å². The first-order valence-electron chi connectivity index (χ1n) is 13.3. The SMILES string of the molecule is COc1cc(C[C@@H](C)OC(C)=O)c(-c2c3c(c(OC)c(OC)c2OC)[C@H](c2ccc(F)cc2)O[C@H](C)C3)cc1OC. The predicted molar refractivity (Wildman–Crippen MR) is 152 cm³/mol. The summed E-state index contributed by atoms with van der Waals surface area (Å²) >= 11 is 0.